The molecule has 1 N–H and O–H groups in total. The van der Waals surface area contributed by atoms with E-state index in [-0.39, 0.29) is 22.8 Å². The molecule has 0 unspecified atom stereocenters. The highest BCUT2D eigenvalue weighted by atomic mass is 16.2. The lowest BCUT2D eigenvalue weighted by molar-refractivity contribution is -0.124. The van der Waals surface area contributed by atoms with Crippen molar-refractivity contribution >= 4 is 11.5 Å². The zero-order valence-corrected chi connectivity index (χ0v) is 14.1. The molecule has 0 spiro atoms. The minimum atomic E-state index is -0.272. The van der Waals surface area contributed by atoms with Gasteiger partial charge < -0.3 is 10.2 Å². The Balaban J connectivity index is 2.92. The van der Waals surface area contributed by atoms with Gasteiger partial charge in [0, 0.05) is 25.4 Å². The number of allylic oxidation sites excluding steroid dienone is 3. The molecule has 1 heterocycles. The van der Waals surface area contributed by atoms with E-state index in [0.29, 0.717) is 22.4 Å². The molecule has 0 aliphatic carbocycles. The molecule has 2 rings (SSSR count). The molecule has 1 aromatic rings. The zero-order valence-electron chi connectivity index (χ0n) is 14.1. The summed E-state index contributed by atoms with van der Waals surface area (Å²) in [5.41, 5.74) is 1.91. The van der Waals surface area contributed by atoms with Gasteiger partial charge in [0.15, 0.2) is 5.57 Å². The molecule has 0 fully saturated rings. The van der Waals surface area contributed by atoms with Crippen LogP contribution in [0.1, 0.15) is 12.5 Å². The summed E-state index contributed by atoms with van der Waals surface area (Å²) in [5.74, 6) is -0.272. The van der Waals surface area contributed by atoms with Crippen LogP contribution in [0.2, 0.25) is 0 Å². The topological polar surface area (TPSA) is 104 Å². The Morgan fingerprint density at radius 3 is 2.16 bits per heavy atom. The number of carbonyl (C=O) groups excluding carboxylic acids is 1. The molecule has 1 aliphatic rings. The van der Waals surface area contributed by atoms with Crippen LogP contribution in [0.15, 0.2) is 58.4 Å². The van der Waals surface area contributed by atoms with Crippen LogP contribution in [0.4, 0.5) is 0 Å². The van der Waals surface area contributed by atoms with Crippen molar-refractivity contribution in [3.05, 3.63) is 64.0 Å². The maximum absolute atomic E-state index is 12.7. The number of carbonyl (C=O) groups is 1. The van der Waals surface area contributed by atoms with Crippen LogP contribution in [-0.4, -0.2) is 24.9 Å². The Morgan fingerprint density at radius 2 is 1.68 bits per heavy atom. The average molecular weight is 329 g/mol. The average Bonchev–Trinajstić information content (AvgIpc) is 2.62. The molecular weight excluding hydrogens is 314 g/mol. The van der Waals surface area contributed by atoms with Gasteiger partial charge >= 0.3 is 0 Å². The number of dihydropyridines is 1. The van der Waals surface area contributed by atoms with Crippen molar-refractivity contribution in [2.24, 2.45) is 0 Å². The summed E-state index contributed by atoms with van der Waals surface area (Å²) in [5, 5.41) is 31.0. The third kappa shape index (κ3) is 3.13. The van der Waals surface area contributed by atoms with Crippen LogP contribution in [0, 0.1) is 34.0 Å². The highest BCUT2D eigenvalue weighted by Crippen LogP contribution is 2.36. The van der Waals surface area contributed by atoms with Crippen molar-refractivity contribution < 1.29 is 4.79 Å². The molecule has 6 heteroatoms. The molecule has 0 aromatic heterocycles. The van der Waals surface area contributed by atoms with E-state index < -0.39 is 0 Å². The zero-order chi connectivity index (χ0) is 18.6. The quantitative estimate of drug-likeness (QED) is 0.838. The molecule has 0 radical (unpaired) electrons. The number of benzene rings is 1. The van der Waals surface area contributed by atoms with Crippen molar-refractivity contribution in [2.75, 3.05) is 14.1 Å². The van der Waals surface area contributed by atoms with Gasteiger partial charge in [0.25, 0.3) is 5.91 Å². The molecule has 0 saturated heterocycles. The van der Waals surface area contributed by atoms with Gasteiger partial charge in [-0.2, -0.15) is 15.8 Å². The number of nitrogens with one attached hydrogen (secondary N) is 1. The van der Waals surface area contributed by atoms with E-state index in [1.54, 1.807) is 57.4 Å². The lowest BCUT2D eigenvalue weighted by atomic mass is 9.86. The predicted octanol–water partition coefficient (Wildman–Crippen LogP) is 2.23. The number of rotatable bonds is 2. The first-order chi connectivity index (χ1) is 12.0. The van der Waals surface area contributed by atoms with Crippen molar-refractivity contribution in [2.45, 2.75) is 6.92 Å². The summed E-state index contributed by atoms with van der Waals surface area (Å²) in [6.07, 6.45) is 0. The summed E-state index contributed by atoms with van der Waals surface area (Å²) in [7, 11) is 3.25. The molecule has 6 nitrogen and oxygen atoms in total. The third-order valence-corrected chi connectivity index (χ3v) is 3.71. The SMILES string of the molecule is CC1=C(C(=O)N(C)C)C(c2ccccc2)=C(C#N)C(=C(C#N)C#N)N1. The molecule has 122 valence electrons. The van der Waals surface area contributed by atoms with Crippen LogP contribution < -0.4 is 5.32 Å². The van der Waals surface area contributed by atoms with Crippen molar-refractivity contribution in [3.8, 4) is 18.2 Å². The Labute approximate surface area is 146 Å². The summed E-state index contributed by atoms with van der Waals surface area (Å²) in [6, 6.07) is 14.6. The van der Waals surface area contributed by atoms with E-state index in [4.69, 9.17) is 0 Å². The Bertz CT molecular complexity index is 928. The minimum Gasteiger partial charge on any atom is -0.356 e. The van der Waals surface area contributed by atoms with E-state index in [2.05, 4.69) is 5.32 Å². The summed E-state index contributed by atoms with van der Waals surface area (Å²) in [4.78, 5) is 14.1. The second-order valence-electron chi connectivity index (χ2n) is 5.53. The van der Waals surface area contributed by atoms with Crippen LogP contribution in [0.5, 0.6) is 0 Å². The number of nitrogens with zero attached hydrogens (tertiary/aromatic N) is 4. The highest BCUT2D eigenvalue weighted by Gasteiger charge is 2.31. The molecule has 1 aromatic carbocycles. The number of amides is 1. The van der Waals surface area contributed by atoms with E-state index in [0.717, 1.165) is 0 Å². The van der Waals surface area contributed by atoms with Gasteiger partial charge in [-0.3, -0.25) is 4.79 Å². The number of hydrogen-bond donors (Lipinski definition) is 1. The van der Waals surface area contributed by atoms with E-state index in [9.17, 15) is 20.6 Å². The van der Waals surface area contributed by atoms with Gasteiger partial charge in [-0.05, 0) is 12.5 Å². The van der Waals surface area contributed by atoms with Crippen LogP contribution in [0.25, 0.3) is 5.57 Å². The van der Waals surface area contributed by atoms with Gasteiger partial charge in [0.05, 0.1) is 16.8 Å². The first-order valence-corrected chi connectivity index (χ1v) is 7.40. The third-order valence-electron chi connectivity index (χ3n) is 3.71. The van der Waals surface area contributed by atoms with Gasteiger partial charge in [0.1, 0.15) is 18.2 Å². The Morgan fingerprint density at radius 1 is 1.08 bits per heavy atom. The van der Waals surface area contributed by atoms with Crippen LogP contribution in [0.3, 0.4) is 0 Å². The first kappa shape index (κ1) is 17.5. The fourth-order valence-electron chi connectivity index (χ4n) is 2.57. The van der Waals surface area contributed by atoms with Crippen LogP contribution >= 0.6 is 0 Å². The molecule has 1 aliphatic heterocycles. The van der Waals surface area contributed by atoms with Crippen molar-refractivity contribution in [1.82, 2.24) is 10.2 Å². The summed E-state index contributed by atoms with van der Waals surface area (Å²) in [6.45, 7) is 1.68. The summed E-state index contributed by atoms with van der Waals surface area (Å²) < 4.78 is 0. The first-order valence-electron chi connectivity index (χ1n) is 7.40. The number of hydrogen-bond acceptors (Lipinski definition) is 5. The normalized spacial score (nSPS) is 13.4. The molecule has 0 atom stereocenters. The van der Waals surface area contributed by atoms with Crippen molar-refractivity contribution in [3.63, 3.8) is 0 Å². The fraction of sp³-hybridized carbons (Fsp3) is 0.158. The monoisotopic (exact) mass is 329 g/mol. The lowest BCUT2D eigenvalue weighted by Crippen LogP contribution is -2.31. The van der Waals surface area contributed by atoms with Crippen molar-refractivity contribution in [1.29, 1.82) is 15.8 Å². The molecule has 1 amide bonds. The standard InChI is InChI=1S/C19H15N5O/c1-12-16(19(25)24(2)3)17(13-7-5-4-6-8-13)15(11-22)18(23-12)14(9-20)10-21/h4-8,23H,1-3H3. The maximum Gasteiger partial charge on any atom is 0.255 e. The van der Waals surface area contributed by atoms with E-state index in [1.807, 2.05) is 12.1 Å². The lowest BCUT2D eigenvalue weighted by Gasteiger charge is -2.27. The Hall–Kier alpha value is -3.82. The summed E-state index contributed by atoms with van der Waals surface area (Å²) >= 11 is 0. The largest absolute Gasteiger partial charge is 0.356 e. The van der Waals surface area contributed by atoms with Gasteiger partial charge in [-0.25, -0.2) is 0 Å². The minimum absolute atomic E-state index is 0.0973. The Kier molecular flexibility index (Phi) is 5.03. The van der Waals surface area contributed by atoms with E-state index >= 15 is 0 Å². The number of nitriles is 3. The van der Waals surface area contributed by atoms with Gasteiger partial charge in [-0.15, -0.1) is 0 Å². The highest BCUT2D eigenvalue weighted by molar-refractivity contribution is 6.12. The maximum atomic E-state index is 12.7. The molecule has 25 heavy (non-hydrogen) atoms. The smallest absolute Gasteiger partial charge is 0.255 e. The predicted molar refractivity (Wildman–Crippen MR) is 91.8 cm³/mol. The van der Waals surface area contributed by atoms with E-state index in [1.165, 1.54) is 4.90 Å². The second-order valence-corrected chi connectivity index (χ2v) is 5.53. The van der Waals surface area contributed by atoms with Gasteiger partial charge in [-0.1, -0.05) is 30.3 Å². The van der Waals surface area contributed by atoms with Crippen LogP contribution in [-0.2, 0) is 4.79 Å². The molecule has 0 saturated carbocycles. The second kappa shape index (κ2) is 7.17. The van der Waals surface area contributed by atoms with Gasteiger partial charge in [0.2, 0.25) is 0 Å². The molecule has 0 bridgehead atoms. The number of likely N-dealkylation sites (N-methyl/N-ethyl adjacent to an activating group) is 1. The fourth-order valence-corrected chi connectivity index (χ4v) is 2.57. The molecular formula is C19H15N5O.